The lowest BCUT2D eigenvalue weighted by molar-refractivity contribution is 0.393. The second kappa shape index (κ2) is 4.38. The van der Waals surface area contributed by atoms with Crippen LogP contribution in [0.2, 0.25) is 0 Å². The lowest BCUT2D eigenvalue weighted by Gasteiger charge is -2.21. The molecule has 1 aromatic heterocycles. The molecule has 17 heavy (non-hydrogen) atoms. The lowest BCUT2D eigenvalue weighted by atomic mass is 9.92. The van der Waals surface area contributed by atoms with Crippen molar-refractivity contribution in [2.24, 2.45) is 5.92 Å². The summed E-state index contributed by atoms with van der Waals surface area (Å²) in [6, 6.07) is 11.2. The Kier molecular flexibility index (Phi) is 2.73. The molecule has 1 aliphatic rings. The van der Waals surface area contributed by atoms with Gasteiger partial charge in [-0.1, -0.05) is 24.3 Å². The second-order valence-corrected chi connectivity index (χ2v) is 4.76. The SMILES string of the molecule is CNC(c1ccoc1)C1Cc2ccccc2C1. The highest BCUT2D eigenvalue weighted by Crippen LogP contribution is 2.35. The van der Waals surface area contributed by atoms with E-state index in [9.17, 15) is 0 Å². The number of furan rings is 1. The van der Waals surface area contributed by atoms with E-state index < -0.39 is 0 Å². The summed E-state index contributed by atoms with van der Waals surface area (Å²) in [5.41, 5.74) is 4.26. The van der Waals surface area contributed by atoms with E-state index >= 15 is 0 Å². The van der Waals surface area contributed by atoms with Crippen LogP contribution < -0.4 is 5.32 Å². The maximum Gasteiger partial charge on any atom is 0.0950 e. The quantitative estimate of drug-likeness (QED) is 0.872. The number of hydrogen-bond donors (Lipinski definition) is 1. The third-order valence-electron chi connectivity index (χ3n) is 3.77. The molecule has 3 rings (SSSR count). The Labute approximate surface area is 102 Å². The zero-order valence-corrected chi connectivity index (χ0v) is 10.0. The van der Waals surface area contributed by atoms with Gasteiger partial charge in [0.1, 0.15) is 0 Å². The van der Waals surface area contributed by atoms with Crippen LogP contribution in [-0.4, -0.2) is 7.05 Å². The van der Waals surface area contributed by atoms with Gasteiger partial charge in [-0.25, -0.2) is 0 Å². The van der Waals surface area contributed by atoms with E-state index in [4.69, 9.17) is 4.42 Å². The van der Waals surface area contributed by atoms with Gasteiger partial charge in [0, 0.05) is 11.6 Å². The Morgan fingerprint density at radius 1 is 1.18 bits per heavy atom. The van der Waals surface area contributed by atoms with E-state index in [1.165, 1.54) is 16.7 Å². The van der Waals surface area contributed by atoms with Gasteiger partial charge in [0.2, 0.25) is 0 Å². The molecular weight excluding hydrogens is 210 g/mol. The minimum Gasteiger partial charge on any atom is -0.472 e. The van der Waals surface area contributed by atoms with Crippen molar-refractivity contribution in [2.45, 2.75) is 18.9 Å². The first kappa shape index (κ1) is 10.6. The molecule has 0 saturated heterocycles. The average molecular weight is 227 g/mol. The van der Waals surface area contributed by atoms with Crippen LogP contribution in [0.15, 0.2) is 47.3 Å². The van der Waals surface area contributed by atoms with Crippen LogP contribution in [0.5, 0.6) is 0 Å². The van der Waals surface area contributed by atoms with Crippen LogP contribution in [0.1, 0.15) is 22.7 Å². The minimum atomic E-state index is 0.390. The third kappa shape index (κ3) is 1.89. The van der Waals surface area contributed by atoms with Gasteiger partial charge in [0.05, 0.1) is 12.5 Å². The van der Waals surface area contributed by atoms with Gasteiger partial charge in [-0.05, 0) is 43.0 Å². The Bertz CT molecular complexity index is 464. The van der Waals surface area contributed by atoms with Crippen LogP contribution >= 0.6 is 0 Å². The number of benzene rings is 1. The van der Waals surface area contributed by atoms with Gasteiger partial charge in [0.15, 0.2) is 0 Å². The van der Waals surface area contributed by atoms with Crippen molar-refractivity contribution in [1.82, 2.24) is 5.32 Å². The van der Waals surface area contributed by atoms with Gasteiger partial charge in [0.25, 0.3) is 0 Å². The van der Waals surface area contributed by atoms with Crippen LogP contribution in [0.3, 0.4) is 0 Å². The summed E-state index contributed by atoms with van der Waals surface area (Å²) < 4.78 is 5.19. The molecule has 0 aliphatic heterocycles. The van der Waals surface area contributed by atoms with E-state index in [0.29, 0.717) is 12.0 Å². The molecule has 2 aromatic rings. The first-order valence-electron chi connectivity index (χ1n) is 6.14. The molecule has 1 N–H and O–H groups in total. The number of rotatable bonds is 3. The zero-order valence-electron chi connectivity index (χ0n) is 10.0. The van der Waals surface area contributed by atoms with Crippen molar-refractivity contribution in [3.8, 4) is 0 Å². The second-order valence-electron chi connectivity index (χ2n) is 4.76. The summed E-state index contributed by atoms with van der Waals surface area (Å²) in [6.45, 7) is 0. The Morgan fingerprint density at radius 3 is 2.41 bits per heavy atom. The number of fused-ring (bicyclic) bond motifs is 1. The monoisotopic (exact) mass is 227 g/mol. The minimum absolute atomic E-state index is 0.390. The first-order chi connectivity index (χ1) is 8.38. The largest absolute Gasteiger partial charge is 0.472 e. The van der Waals surface area contributed by atoms with Crippen LogP contribution in [0, 0.1) is 5.92 Å². The van der Waals surface area contributed by atoms with E-state index in [2.05, 4.69) is 35.6 Å². The molecule has 0 spiro atoms. The van der Waals surface area contributed by atoms with Crippen LogP contribution in [0.4, 0.5) is 0 Å². The summed E-state index contributed by atoms with van der Waals surface area (Å²) in [5.74, 6) is 0.634. The summed E-state index contributed by atoms with van der Waals surface area (Å²) in [5, 5.41) is 3.42. The average Bonchev–Trinajstić information content (AvgIpc) is 2.98. The molecule has 0 radical (unpaired) electrons. The number of hydrogen-bond acceptors (Lipinski definition) is 2. The van der Waals surface area contributed by atoms with Crippen LogP contribution in [-0.2, 0) is 12.8 Å². The van der Waals surface area contributed by atoms with Crippen molar-refractivity contribution in [1.29, 1.82) is 0 Å². The molecule has 2 nitrogen and oxygen atoms in total. The van der Waals surface area contributed by atoms with Crippen molar-refractivity contribution in [3.63, 3.8) is 0 Å². The van der Waals surface area contributed by atoms with Gasteiger partial charge in [-0.2, -0.15) is 0 Å². The van der Waals surface area contributed by atoms with Gasteiger partial charge >= 0.3 is 0 Å². The van der Waals surface area contributed by atoms with E-state index in [0.717, 1.165) is 12.8 Å². The Hall–Kier alpha value is -1.54. The standard InChI is InChI=1S/C15H17NO/c1-16-15(13-6-7-17-10-13)14-8-11-4-2-3-5-12(11)9-14/h2-7,10,14-16H,8-9H2,1H3. The molecule has 0 bridgehead atoms. The highest BCUT2D eigenvalue weighted by Gasteiger charge is 2.28. The predicted molar refractivity (Wildman–Crippen MR) is 67.8 cm³/mol. The molecule has 0 saturated carbocycles. The van der Waals surface area contributed by atoms with Gasteiger partial charge < -0.3 is 9.73 Å². The summed E-state index contributed by atoms with van der Waals surface area (Å²) in [6.07, 6.45) is 5.92. The van der Waals surface area contributed by atoms with Crippen molar-refractivity contribution >= 4 is 0 Å². The Balaban J connectivity index is 1.83. The van der Waals surface area contributed by atoms with Gasteiger partial charge in [-0.3, -0.25) is 0 Å². The fourth-order valence-electron chi connectivity index (χ4n) is 2.96. The van der Waals surface area contributed by atoms with E-state index in [-0.39, 0.29) is 0 Å². The molecule has 0 fully saturated rings. The summed E-state index contributed by atoms with van der Waals surface area (Å²) >= 11 is 0. The molecule has 0 amide bonds. The van der Waals surface area contributed by atoms with E-state index in [1.54, 1.807) is 6.26 Å². The molecule has 2 heteroatoms. The Morgan fingerprint density at radius 2 is 1.88 bits per heavy atom. The maximum atomic E-state index is 5.19. The maximum absolute atomic E-state index is 5.19. The number of nitrogens with one attached hydrogen (secondary N) is 1. The summed E-state index contributed by atoms with van der Waals surface area (Å²) in [4.78, 5) is 0. The van der Waals surface area contributed by atoms with Crippen LogP contribution in [0.25, 0.3) is 0 Å². The smallest absolute Gasteiger partial charge is 0.0950 e. The molecular formula is C15H17NO. The van der Waals surface area contributed by atoms with Gasteiger partial charge in [-0.15, -0.1) is 0 Å². The highest BCUT2D eigenvalue weighted by molar-refractivity contribution is 5.33. The molecule has 88 valence electrons. The molecule has 1 aromatic carbocycles. The summed E-state index contributed by atoms with van der Waals surface area (Å²) in [7, 11) is 2.03. The molecule has 1 heterocycles. The fourth-order valence-corrected chi connectivity index (χ4v) is 2.96. The molecule has 1 atom stereocenters. The lowest BCUT2D eigenvalue weighted by Crippen LogP contribution is -2.25. The predicted octanol–water partition coefficient (Wildman–Crippen LogP) is 2.96. The van der Waals surface area contributed by atoms with Crippen molar-refractivity contribution < 1.29 is 4.42 Å². The van der Waals surface area contributed by atoms with Crippen molar-refractivity contribution in [2.75, 3.05) is 7.05 Å². The highest BCUT2D eigenvalue weighted by atomic mass is 16.3. The molecule has 1 aliphatic carbocycles. The third-order valence-corrected chi connectivity index (χ3v) is 3.77. The van der Waals surface area contributed by atoms with Crippen molar-refractivity contribution in [3.05, 3.63) is 59.5 Å². The van der Waals surface area contributed by atoms with E-state index in [1.807, 2.05) is 13.3 Å². The first-order valence-corrected chi connectivity index (χ1v) is 6.14. The zero-order chi connectivity index (χ0) is 11.7. The molecule has 1 unspecified atom stereocenters. The normalized spacial score (nSPS) is 17.0. The fraction of sp³-hybridized carbons (Fsp3) is 0.333. The topological polar surface area (TPSA) is 25.2 Å².